The maximum absolute atomic E-state index is 11.2. The van der Waals surface area contributed by atoms with Crippen LogP contribution >= 0.6 is 0 Å². The number of benzene rings is 1. The first kappa shape index (κ1) is 8.62. The number of hydrogen-bond donors (Lipinski definition) is 1. The Balaban J connectivity index is 2.79. The van der Waals surface area contributed by atoms with Gasteiger partial charge in [0.2, 0.25) is 0 Å². The molecule has 0 fully saturated rings. The van der Waals surface area contributed by atoms with E-state index in [4.69, 9.17) is 5.11 Å². The van der Waals surface area contributed by atoms with Gasteiger partial charge in [-0.3, -0.25) is 4.79 Å². The molecule has 14 heavy (non-hydrogen) atoms. The standard InChI is InChI=1S/C10H7NO3/c1-5-7-3-2-6(10(13)14)4-8(7)11-9(5)12/h2-4H,1H3,(H,13,14). The molecule has 0 aliphatic carbocycles. The predicted molar refractivity (Wildman–Crippen MR) is 48.3 cm³/mol. The van der Waals surface area contributed by atoms with Gasteiger partial charge in [-0.05, 0) is 19.1 Å². The highest BCUT2D eigenvalue weighted by Crippen LogP contribution is 1.99. The number of rotatable bonds is 1. The molecular weight excluding hydrogens is 182 g/mol. The third-order valence-corrected chi connectivity index (χ3v) is 2.19. The minimum absolute atomic E-state index is 0.148. The van der Waals surface area contributed by atoms with Crippen molar-refractivity contribution in [3.63, 3.8) is 0 Å². The third-order valence-electron chi connectivity index (χ3n) is 2.19. The van der Waals surface area contributed by atoms with Crippen molar-refractivity contribution in [3.8, 4) is 0 Å². The van der Waals surface area contributed by atoms with Crippen LogP contribution in [0, 0.1) is 0 Å². The van der Waals surface area contributed by atoms with Gasteiger partial charge in [-0.25, -0.2) is 9.79 Å². The van der Waals surface area contributed by atoms with E-state index in [9.17, 15) is 9.59 Å². The number of carboxylic acid groups (broad SMARTS) is 1. The first-order valence-corrected chi connectivity index (χ1v) is 4.07. The molecule has 0 aromatic heterocycles. The molecule has 1 heterocycles. The van der Waals surface area contributed by atoms with E-state index in [1.165, 1.54) is 12.1 Å². The molecule has 0 saturated heterocycles. The molecule has 4 nitrogen and oxygen atoms in total. The van der Waals surface area contributed by atoms with Crippen LogP contribution in [0.4, 0.5) is 0 Å². The van der Waals surface area contributed by atoms with Gasteiger partial charge in [-0.1, -0.05) is 6.07 Å². The Labute approximate surface area is 79.2 Å². The lowest BCUT2D eigenvalue weighted by Gasteiger charge is -1.91. The molecule has 1 N–H and O–H groups in total. The highest BCUT2D eigenvalue weighted by atomic mass is 16.4. The monoisotopic (exact) mass is 189 g/mol. The first-order valence-electron chi connectivity index (χ1n) is 4.07. The molecule has 0 unspecified atom stereocenters. The Morgan fingerprint density at radius 2 is 2.14 bits per heavy atom. The molecule has 0 atom stereocenters. The summed E-state index contributed by atoms with van der Waals surface area (Å²) in [6.07, 6.45) is 0. The molecule has 0 radical (unpaired) electrons. The molecule has 1 aliphatic rings. The first-order chi connectivity index (χ1) is 6.59. The Morgan fingerprint density at radius 1 is 1.43 bits per heavy atom. The zero-order valence-corrected chi connectivity index (χ0v) is 7.44. The van der Waals surface area contributed by atoms with Crippen molar-refractivity contribution in [2.24, 2.45) is 4.99 Å². The molecular formula is C10H7NO3. The molecule has 1 amide bonds. The van der Waals surface area contributed by atoms with Crippen LogP contribution in [0.2, 0.25) is 0 Å². The molecule has 0 saturated carbocycles. The van der Waals surface area contributed by atoms with Gasteiger partial charge in [-0.2, -0.15) is 0 Å². The van der Waals surface area contributed by atoms with Gasteiger partial charge < -0.3 is 5.11 Å². The van der Waals surface area contributed by atoms with E-state index >= 15 is 0 Å². The van der Waals surface area contributed by atoms with Crippen LogP contribution in [0.3, 0.4) is 0 Å². The van der Waals surface area contributed by atoms with Crippen LogP contribution in [-0.4, -0.2) is 17.0 Å². The highest BCUT2D eigenvalue weighted by molar-refractivity contribution is 6.14. The van der Waals surface area contributed by atoms with Crippen molar-refractivity contribution in [1.82, 2.24) is 0 Å². The van der Waals surface area contributed by atoms with E-state index in [2.05, 4.69) is 4.99 Å². The summed E-state index contributed by atoms with van der Waals surface area (Å²) in [6, 6.07) is 4.49. The van der Waals surface area contributed by atoms with Gasteiger partial charge in [0.15, 0.2) is 0 Å². The summed E-state index contributed by atoms with van der Waals surface area (Å²) in [5.41, 5.74) is 0.715. The van der Waals surface area contributed by atoms with Gasteiger partial charge in [0.1, 0.15) is 0 Å². The van der Waals surface area contributed by atoms with Crippen molar-refractivity contribution in [2.45, 2.75) is 6.92 Å². The summed E-state index contributed by atoms with van der Waals surface area (Å²) in [6.45, 7) is 1.68. The number of carbonyl (C=O) groups is 2. The molecule has 70 valence electrons. The second-order valence-electron chi connectivity index (χ2n) is 3.08. The zero-order valence-electron chi connectivity index (χ0n) is 7.44. The number of aromatic carboxylic acids is 1. The van der Waals surface area contributed by atoms with Crippen LogP contribution < -0.4 is 10.6 Å². The maximum Gasteiger partial charge on any atom is 0.335 e. The van der Waals surface area contributed by atoms with Crippen LogP contribution in [0.1, 0.15) is 17.3 Å². The number of fused-ring (bicyclic) bond motifs is 1. The number of carboxylic acids is 1. The normalized spacial score (nSPS) is 13.8. The van der Waals surface area contributed by atoms with Crippen molar-refractivity contribution < 1.29 is 14.7 Å². The second kappa shape index (κ2) is 2.77. The number of amides is 1. The van der Waals surface area contributed by atoms with Crippen LogP contribution in [-0.2, 0) is 4.79 Å². The predicted octanol–water partition coefficient (Wildman–Crippen LogP) is -0.285. The van der Waals surface area contributed by atoms with Gasteiger partial charge in [0.05, 0.1) is 10.9 Å². The van der Waals surface area contributed by atoms with E-state index in [1.807, 2.05) is 0 Å². The summed E-state index contributed by atoms with van der Waals surface area (Å²) >= 11 is 0. The summed E-state index contributed by atoms with van der Waals surface area (Å²) < 4.78 is 0. The Bertz CT molecular complexity index is 557. The number of hydrogen-bond acceptors (Lipinski definition) is 2. The largest absolute Gasteiger partial charge is 0.478 e. The topological polar surface area (TPSA) is 66.7 Å². The average molecular weight is 189 g/mol. The van der Waals surface area contributed by atoms with E-state index in [0.29, 0.717) is 10.9 Å². The van der Waals surface area contributed by atoms with E-state index in [-0.39, 0.29) is 11.5 Å². The number of carbonyl (C=O) groups excluding carboxylic acids is 1. The summed E-state index contributed by atoms with van der Waals surface area (Å²) in [5, 5.41) is 9.89. The van der Waals surface area contributed by atoms with E-state index in [1.54, 1.807) is 13.0 Å². The van der Waals surface area contributed by atoms with E-state index < -0.39 is 5.97 Å². The smallest absolute Gasteiger partial charge is 0.335 e. The molecule has 0 bridgehead atoms. The van der Waals surface area contributed by atoms with Crippen molar-refractivity contribution in [1.29, 1.82) is 0 Å². The Kier molecular flexibility index (Phi) is 1.70. The average Bonchev–Trinajstić information content (AvgIpc) is 2.42. The summed E-state index contributed by atoms with van der Waals surface area (Å²) in [7, 11) is 0. The molecule has 0 spiro atoms. The fraction of sp³-hybridized carbons (Fsp3) is 0.100. The third kappa shape index (κ3) is 1.12. The van der Waals surface area contributed by atoms with Crippen molar-refractivity contribution in [2.75, 3.05) is 0 Å². The molecule has 1 aliphatic heterocycles. The SMILES string of the molecule is CC1=c2ccc(C(=O)O)cc2=NC1=O. The van der Waals surface area contributed by atoms with Gasteiger partial charge >= 0.3 is 5.97 Å². The Morgan fingerprint density at radius 3 is 2.79 bits per heavy atom. The molecule has 1 aromatic rings. The van der Waals surface area contributed by atoms with Crippen LogP contribution in [0.5, 0.6) is 0 Å². The van der Waals surface area contributed by atoms with Gasteiger partial charge in [-0.15, -0.1) is 0 Å². The van der Waals surface area contributed by atoms with Gasteiger partial charge in [0, 0.05) is 10.8 Å². The summed E-state index contributed by atoms with van der Waals surface area (Å²) in [5.74, 6) is -1.30. The molecule has 4 heteroatoms. The Hall–Kier alpha value is -1.97. The minimum Gasteiger partial charge on any atom is -0.478 e. The fourth-order valence-electron chi connectivity index (χ4n) is 1.38. The summed E-state index contributed by atoms with van der Waals surface area (Å²) in [4.78, 5) is 25.5. The maximum atomic E-state index is 11.2. The molecule has 2 rings (SSSR count). The lowest BCUT2D eigenvalue weighted by molar-refractivity contribution is -0.112. The zero-order chi connectivity index (χ0) is 10.3. The van der Waals surface area contributed by atoms with Crippen LogP contribution in [0.25, 0.3) is 5.57 Å². The minimum atomic E-state index is -1.01. The lowest BCUT2D eigenvalue weighted by Crippen LogP contribution is -2.23. The van der Waals surface area contributed by atoms with Crippen LogP contribution in [0.15, 0.2) is 23.2 Å². The van der Waals surface area contributed by atoms with Gasteiger partial charge in [0.25, 0.3) is 5.91 Å². The van der Waals surface area contributed by atoms with E-state index in [0.717, 1.165) is 5.22 Å². The fourth-order valence-corrected chi connectivity index (χ4v) is 1.38. The molecule has 1 aromatic carbocycles. The highest BCUT2D eigenvalue weighted by Gasteiger charge is 2.12. The van der Waals surface area contributed by atoms with Crippen molar-refractivity contribution >= 4 is 17.4 Å². The number of nitrogens with zero attached hydrogens (tertiary/aromatic N) is 1. The second-order valence-corrected chi connectivity index (χ2v) is 3.08. The lowest BCUT2D eigenvalue weighted by atomic mass is 10.1. The van der Waals surface area contributed by atoms with Crippen molar-refractivity contribution in [3.05, 3.63) is 34.3 Å². The quantitative estimate of drug-likeness (QED) is 0.660.